The largest absolute Gasteiger partial charge is 0.459 e. The van der Waals surface area contributed by atoms with Gasteiger partial charge in [0.05, 0.1) is 6.26 Å². The number of furan rings is 1. The molecular formula is C26H28N4O4. The lowest BCUT2D eigenvalue weighted by atomic mass is 10.0. The number of urea groups is 1. The van der Waals surface area contributed by atoms with E-state index in [0.717, 1.165) is 24.0 Å². The highest BCUT2D eigenvalue weighted by atomic mass is 16.3. The van der Waals surface area contributed by atoms with E-state index < -0.39 is 6.04 Å². The number of piperidine rings is 1. The Morgan fingerprint density at radius 2 is 1.74 bits per heavy atom. The summed E-state index contributed by atoms with van der Waals surface area (Å²) in [4.78, 5) is 39.6. The molecular weight excluding hydrogens is 432 g/mol. The normalized spacial score (nSPS) is 15.4. The van der Waals surface area contributed by atoms with Crippen molar-refractivity contribution in [3.8, 4) is 0 Å². The van der Waals surface area contributed by atoms with Crippen LogP contribution in [0.15, 0.2) is 71.3 Å². The Kier molecular flexibility index (Phi) is 7.27. The summed E-state index contributed by atoms with van der Waals surface area (Å²) in [6, 6.07) is 17.2. The van der Waals surface area contributed by atoms with Crippen molar-refractivity contribution in [1.29, 1.82) is 0 Å². The molecule has 0 saturated carbocycles. The predicted molar refractivity (Wildman–Crippen MR) is 129 cm³/mol. The fourth-order valence-electron chi connectivity index (χ4n) is 4.07. The van der Waals surface area contributed by atoms with E-state index in [-0.39, 0.29) is 30.2 Å². The summed E-state index contributed by atoms with van der Waals surface area (Å²) in [6.07, 6.45) is 3.80. The molecule has 0 spiro atoms. The van der Waals surface area contributed by atoms with Gasteiger partial charge in [0.2, 0.25) is 5.91 Å². The van der Waals surface area contributed by atoms with Gasteiger partial charge in [-0.3, -0.25) is 9.59 Å². The van der Waals surface area contributed by atoms with Crippen LogP contribution >= 0.6 is 0 Å². The predicted octanol–water partition coefficient (Wildman–Crippen LogP) is 4.54. The van der Waals surface area contributed by atoms with E-state index in [0.29, 0.717) is 24.3 Å². The zero-order chi connectivity index (χ0) is 23.9. The van der Waals surface area contributed by atoms with Crippen molar-refractivity contribution >= 4 is 29.2 Å². The maximum atomic E-state index is 12.9. The second-order valence-electron chi connectivity index (χ2n) is 8.35. The molecule has 1 aliphatic heterocycles. The highest BCUT2D eigenvalue weighted by Crippen LogP contribution is 2.21. The van der Waals surface area contributed by atoms with E-state index in [1.54, 1.807) is 23.1 Å². The zero-order valence-corrected chi connectivity index (χ0v) is 19.0. The van der Waals surface area contributed by atoms with Crippen LogP contribution < -0.4 is 16.0 Å². The summed E-state index contributed by atoms with van der Waals surface area (Å²) < 4.78 is 5.23. The number of nitrogens with one attached hydrogen (secondary N) is 3. The van der Waals surface area contributed by atoms with Gasteiger partial charge in [0.25, 0.3) is 5.91 Å². The summed E-state index contributed by atoms with van der Waals surface area (Å²) in [5, 5.41) is 8.55. The number of likely N-dealkylation sites (tertiary alicyclic amines) is 1. The SMILES string of the molecule is Cc1cccc(NC(=O)Nc2cccc(CNC(=O)C3CCCCN3C(=O)c3ccco3)c2)c1. The fourth-order valence-corrected chi connectivity index (χ4v) is 4.07. The number of carbonyl (C=O) groups excluding carboxylic acids is 3. The summed E-state index contributed by atoms with van der Waals surface area (Å²) >= 11 is 0. The third-order valence-corrected chi connectivity index (χ3v) is 5.73. The number of nitrogens with zero attached hydrogens (tertiary/aromatic N) is 1. The van der Waals surface area contributed by atoms with Crippen LogP contribution in [0.3, 0.4) is 0 Å². The van der Waals surface area contributed by atoms with Gasteiger partial charge in [0.1, 0.15) is 6.04 Å². The number of aryl methyl sites for hydroxylation is 1. The Morgan fingerprint density at radius 3 is 2.47 bits per heavy atom. The van der Waals surface area contributed by atoms with Gasteiger partial charge in [-0.25, -0.2) is 4.79 Å². The molecule has 1 fully saturated rings. The van der Waals surface area contributed by atoms with Crippen LogP contribution in [0, 0.1) is 6.92 Å². The van der Waals surface area contributed by atoms with E-state index in [4.69, 9.17) is 4.42 Å². The third-order valence-electron chi connectivity index (χ3n) is 5.73. The van der Waals surface area contributed by atoms with Gasteiger partial charge in [-0.05, 0) is 73.7 Å². The molecule has 34 heavy (non-hydrogen) atoms. The fraction of sp³-hybridized carbons (Fsp3) is 0.269. The molecule has 8 nitrogen and oxygen atoms in total. The number of carbonyl (C=O) groups is 3. The Morgan fingerprint density at radius 1 is 0.971 bits per heavy atom. The van der Waals surface area contributed by atoms with Crippen molar-refractivity contribution in [2.45, 2.75) is 38.8 Å². The molecule has 3 N–H and O–H groups in total. The van der Waals surface area contributed by atoms with Gasteiger partial charge in [-0.1, -0.05) is 24.3 Å². The second-order valence-corrected chi connectivity index (χ2v) is 8.35. The van der Waals surface area contributed by atoms with Crippen molar-refractivity contribution in [3.05, 3.63) is 83.8 Å². The van der Waals surface area contributed by atoms with Crippen molar-refractivity contribution in [1.82, 2.24) is 10.2 Å². The first kappa shape index (κ1) is 23.1. The molecule has 8 heteroatoms. The molecule has 1 saturated heterocycles. The first-order valence-electron chi connectivity index (χ1n) is 11.4. The average Bonchev–Trinajstić information content (AvgIpc) is 3.37. The number of hydrogen-bond acceptors (Lipinski definition) is 4. The number of amides is 4. The number of hydrogen-bond donors (Lipinski definition) is 3. The van der Waals surface area contributed by atoms with E-state index >= 15 is 0 Å². The molecule has 176 valence electrons. The molecule has 3 aromatic rings. The van der Waals surface area contributed by atoms with E-state index in [9.17, 15) is 14.4 Å². The van der Waals surface area contributed by atoms with Gasteiger partial charge in [0.15, 0.2) is 5.76 Å². The van der Waals surface area contributed by atoms with Crippen molar-refractivity contribution in [2.24, 2.45) is 0 Å². The highest BCUT2D eigenvalue weighted by molar-refractivity contribution is 6.00. The van der Waals surface area contributed by atoms with Gasteiger partial charge < -0.3 is 25.3 Å². The lowest BCUT2D eigenvalue weighted by molar-refractivity contribution is -0.126. The number of rotatable bonds is 6. The molecule has 1 aliphatic rings. The topological polar surface area (TPSA) is 104 Å². The van der Waals surface area contributed by atoms with Gasteiger partial charge in [-0.2, -0.15) is 0 Å². The highest BCUT2D eigenvalue weighted by Gasteiger charge is 2.33. The third kappa shape index (κ3) is 5.83. The monoisotopic (exact) mass is 460 g/mol. The van der Waals surface area contributed by atoms with Crippen molar-refractivity contribution in [3.63, 3.8) is 0 Å². The lowest BCUT2D eigenvalue weighted by Gasteiger charge is -2.34. The Labute approximate surface area is 198 Å². The smallest absolute Gasteiger partial charge is 0.323 e. The minimum Gasteiger partial charge on any atom is -0.459 e. The van der Waals surface area contributed by atoms with Gasteiger partial charge in [-0.15, -0.1) is 0 Å². The minimum atomic E-state index is -0.534. The first-order valence-corrected chi connectivity index (χ1v) is 11.4. The molecule has 1 aromatic heterocycles. The van der Waals surface area contributed by atoms with Crippen LogP contribution in [0.5, 0.6) is 0 Å². The average molecular weight is 461 g/mol. The Balaban J connectivity index is 1.34. The Hall–Kier alpha value is -4.07. The van der Waals surface area contributed by atoms with Crippen LogP contribution in [0.4, 0.5) is 16.2 Å². The second kappa shape index (κ2) is 10.7. The summed E-state index contributed by atoms with van der Waals surface area (Å²) in [7, 11) is 0. The molecule has 4 rings (SSSR count). The molecule has 4 amide bonds. The maximum Gasteiger partial charge on any atom is 0.323 e. The molecule has 1 unspecified atom stereocenters. The maximum absolute atomic E-state index is 12.9. The minimum absolute atomic E-state index is 0.199. The van der Waals surface area contributed by atoms with Crippen LogP contribution in [0.1, 0.15) is 40.9 Å². The molecule has 0 bridgehead atoms. The first-order chi connectivity index (χ1) is 16.5. The Bertz CT molecular complexity index is 1160. The molecule has 1 atom stereocenters. The van der Waals surface area contributed by atoms with Crippen LogP contribution in [-0.4, -0.2) is 35.3 Å². The van der Waals surface area contributed by atoms with Crippen LogP contribution in [0.25, 0.3) is 0 Å². The van der Waals surface area contributed by atoms with E-state index in [1.807, 2.05) is 49.4 Å². The number of anilines is 2. The summed E-state index contributed by atoms with van der Waals surface area (Å²) in [6.45, 7) is 2.76. The summed E-state index contributed by atoms with van der Waals surface area (Å²) in [5.74, 6) is -0.228. The van der Waals surface area contributed by atoms with Crippen LogP contribution in [0.2, 0.25) is 0 Å². The zero-order valence-electron chi connectivity index (χ0n) is 19.0. The van der Waals surface area contributed by atoms with Crippen molar-refractivity contribution < 1.29 is 18.8 Å². The van der Waals surface area contributed by atoms with E-state index in [2.05, 4.69) is 16.0 Å². The van der Waals surface area contributed by atoms with E-state index in [1.165, 1.54) is 6.26 Å². The summed E-state index contributed by atoms with van der Waals surface area (Å²) in [5.41, 5.74) is 3.21. The molecule has 2 aromatic carbocycles. The molecule has 0 radical (unpaired) electrons. The molecule has 2 heterocycles. The van der Waals surface area contributed by atoms with Crippen LogP contribution in [-0.2, 0) is 11.3 Å². The van der Waals surface area contributed by atoms with Crippen molar-refractivity contribution in [2.75, 3.05) is 17.2 Å². The lowest BCUT2D eigenvalue weighted by Crippen LogP contribution is -2.51. The standard InChI is InChI=1S/C26H28N4O4/c1-18-7-4-9-20(15-18)28-26(33)29-21-10-5-8-19(16-21)17-27-24(31)22-11-2-3-13-30(22)25(32)23-12-6-14-34-23/h4-10,12,14-16,22H,2-3,11,13,17H2,1H3,(H,27,31)(H2,28,29,33). The van der Waals surface area contributed by atoms with Gasteiger partial charge in [0, 0.05) is 24.5 Å². The number of benzene rings is 2. The molecule has 0 aliphatic carbocycles. The quantitative estimate of drug-likeness (QED) is 0.502. The van der Waals surface area contributed by atoms with Gasteiger partial charge >= 0.3 is 6.03 Å².